The maximum absolute atomic E-state index is 6.22. The number of nitrogen functional groups attached to an aromatic ring is 1. The van der Waals surface area contributed by atoms with E-state index in [0.29, 0.717) is 17.5 Å². The molecule has 0 aromatic carbocycles. The Hall–Kier alpha value is -1.56. The molecule has 106 valence electrons. The number of anilines is 3. The summed E-state index contributed by atoms with van der Waals surface area (Å²) >= 11 is 0. The van der Waals surface area contributed by atoms with E-state index in [4.69, 9.17) is 5.73 Å². The molecule has 19 heavy (non-hydrogen) atoms. The number of rotatable bonds is 4. The molecule has 0 spiro atoms. The molecule has 0 radical (unpaired) electrons. The number of hydrazine groups is 1. The van der Waals surface area contributed by atoms with E-state index in [0.717, 1.165) is 18.8 Å². The lowest BCUT2D eigenvalue weighted by Gasteiger charge is -2.37. The lowest BCUT2D eigenvalue weighted by Crippen LogP contribution is -2.40. The van der Waals surface area contributed by atoms with Crippen molar-refractivity contribution in [2.24, 2.45) is 0 Å². The van der Waals surface area contributed by atoms with Gasteiger partial charge < -0.3 is 16.1 Å². The number of hydrogen-bond donors (Lipinski definition) is 2. The summed E-state index contributed by atoms with van der Waals surface area (Å²) in [5, 5.41) is 1.83. The molecule has 1 aliphatic rings. The number of hydrogen-bond acceptors (Lipinski definition) is 6. The number of nitrogens with one attached hydrogen (secondary N) is 1. The van der Waals surface area contributed by atoms with Gasteiger partial charge in [0.25, 0.3) is 0 Å². The Morgan fingerprint density at radius 1 is 1.42 bits per heavy atom. The molecule has 0 saturated carbocycles. The minimum Gasteiger partial charge on any atom is -0.393 e. The van der Waals surface area contributed by atoms with E-state index in [1.165, 1.54) is 19.3 Å². The van der Waals surface area contributed by atoms with Gasteiger partial charge in [0.2, 0.25) is 0 Å². The Labute approximate surface area is 115 Å². The maximum atomic E-state index is 6.22. The van der Waals surface area contributed by atoms with Gasteiger partial charge in [0.1, 0.15) is 12.0 Å². The zero-order valence-electron chi connectivity index (χ0n) is 12.1. The Morgan fingerprint density at radius 2 is 2.21 bits per heavy atom. The van der Waals surface area contributed by atoms with Crippen LogP contribution in [-0.4, -0.2) is 41.7 Å². The number of piperidine rings is 1. The lowest BCUT2D eigenvalue weighted by molar-refractivity contribution is 0.447. The lowest BCUT2D eigenvalue weighted by atomic mass is 10.00. The first kappa shape index (κ1) is 13.9. The molecule has 1 saturated heterocycles. The van der Waals surface area contributed by atoms with Crippen LogP contribution in [-0.2, 0) is 0 Å². The summed E-state index contributed by atoms with van der Waals surface area (Å²) in [4.78, 5) is 10.9. The fraction of sp³-hybridized carbons (Fsp3) is 0.692. The molecular weight excluding hydrogens is 240 g/mol. The first-order valence-electron chi connectivity index (χ1n) is 6.94. The van der Waals surface area contributed by atoms with Crippen LogP contribution in [0.25, 0.3) is 0 Å². The minimum atomic E-state index is 0.540. The van der Waals surface area contributed by atoms with Gasteiger partial charge in [-0.3, -0.25) is 0 Å². The summed E-state index contributed by atoms with van der Waals surface area (Å²) in [5.74, 6) is 1.54. The average molecular weight is 264 g/mol. The van der Waals surface area contributed by atoms with Crippen molar-refractivity contribution in [3.8, 4) is 0 Å². The van der Waals surface area contributed by atoms with E-state index in [9.17, 15) is 0 Å². The molecular formula is C13H24N6. The van der Waals surface area contributed by atoms with E-state index in [-0.39, 0.29) is 0 Å². The SMILES string of the molecule is CCC1CCCCN1c1ncnc(NN(C)C)c1N. The first-order valence-corrected chi connectivity index (χ1v) is 6.94. The van der Waals surface area contributed by atoms with E-state index >= 15 is 0 Å². The Morgan fingerprint density at radius 3 is 2.89 bits per heavy atom. The molecule has 0 bridgehead atoms. The standard InChI is InChI=1S/C13H24N6/c1-4-10-7-5-6-8-19(10)13-11(14)12(15-9-16-13)17-18(2)3/h9-10H,4-8,14H2,1-3H3,(H,15,16,17). The van der Waals surface area contributed by atoms with Crippen molar-refractivity contribution < 1.29 is 0 Å². The predicted molar refractivity (Wildman–Crippen MR) is 79.0 cm³/mol. The monoisotopic (exact) mass is 264 g/mol. The molecule has 1 fully saturated rings. The molecule has 1 aromatic heterocycles. The molecule has 0 amide bonds. The van der Waals surface area contributed by atoms with Crippen molar-refractivity contribution in [3.05, 3.63) is 6.33 Å². The van der Waals surface area contributed by atoms with Crippen molar-refractivity contribution in [2.75, 3.05) is 36.7 Å². The van der Waals surface area contributed by atoms with E-state index in [2.05, 4.69) is 27.2 Å². The van der Waals surface area contributed by atoms with Crippen LogP contribution >= 0.6 is 0 Å². The summed E-state index contributed by atoms with van der Waals surface area (Å²) in [6.07, 6.45) is 6.42. The van der Waals surface area contributed by atoms with Crippen molar-refractivity contribution in [1.29, 1.82) is 0 Å². The van der Waals surface area contributed by atoms with Gasteiger partial charge in [-0.25, -0.2) is 15.0 Å². The molecule has 1 aromatic rings. The summed E-state index contributed by atoms with van der Waals surface area (Å²) in [5.41, 5.74) is 9.98. The number of nitrogens with two attached hydrogens (primary N) is 1. The van der Waals surface area contributed by atoms with Crippen LogP contribution in [0.5, 0.6) is 0 Å². The molecule has 1 atom stereocenters. The first-order chi connectivity index (χ1) is 9.13. The van der Waals surface area contributed by atoms with Crippen LogP contribution in [0, 0.1) is 0 Å². The molecule has 0 aliphatic carbocycles. The largest absolute Gasteiger partial charge is 0.393 e. The van der Waals surface area contributed by atoms with Crippen LogP contribution < -0.4 is 16.1 Å². The van der Waals surface area contributed by atoms with E-state index in [1.807, 2.05) is 19.1 Å². The average Bonchev–Trinajstić information content (AvgIpc) is 2.41. The van der Waals surface area contributed by atoms with Crippen LogP contribution in [0.15, 0.2) is 6.33 Å². The van der Waals surface area contributed by atoms with Gasteiger partial charge in [0.15, 0.2) is 11.6 Å². The highest BCUT2D eigenvalue weighted by molar-refractivity contribution is 5.74. The van der Waals surface area contributed by atoms with Gasteiger partial charge in [-0.1, -0.05) is 6.92 Å². The van der Waals surface area contributed by atoms with Gasteiger partial charge >= 0.3 is 0 Å². The van der Waals surface area contributed by atoms with Gasteiger partial charge in [0.05, 0.1) is 0 Å². The predicted octanol–water partition coefficient (Wildman–Crippen LogP) is 1.72. The minimum absolute atomic E-state index is 0.540. The number of aromatic nitrogens is 2. The molecule has 6 nitrogen and oxygen atoms in total. The number of nitrogens with zero attached hydrogens (tertiary/aromatic N) is 4. The second-order valence-electron chi connectivity index (χ2n) is 5.22. The third-order valence-electron chi connectivity index (χ3n) is 3.56. The Balaban J connectivity index is 2.28. The highest BCUT2D eigenvalue weighted by Gasteiger charge is 2.24. The smallest absolute Gasteiger partial charge is 0.169 e. The third kappa shape index (κ3) is 3.07. The van der Waals surface area contributed by atoms with Crippen LogP contribution in [0.2, 0.25) is 0 Å². The fourth-order valence-corrected chi connectivity index (χ4v) is 2.62. The van der Waals surface area contributed by atoms with Gasteiger partial charge in [-0.15, -0.1) is 0 Å². The van der Waals surface area contributed by atoms with Crippen LogP contribution in [0.4, 0.5) is 17.3 Å². The van der Waals surface area contributed by atoms with Crippen molar-refractivity contribution in [3.63, 3.8) is 0 Å². The normalized spacial score (nSPS) is 19.8. The van der Waals surface area contributed by atoms with Crippen molar-refractivity contribution in [1.82, 2.24) is 15.0 Å². The van der Waals surface area contributed by atoms with Gasteiger partial charge in [-0.05, 0) is 25.7 Å². The van der Waals surface area contributed by atoms with E-state index < -0.39 is 0 Å². The molecule has 1 aliphatic heterocycles. The molecule has 6 heteroatoms. The quantitative estimate of drug-likeness (QED) is 0.807. The molecule has 2 rings (SSSR count). The topological polar surface area (TPSA) is 70.3 Å². The van der Waals surface area contributed by atoms with E-state index in [1.54, 1.807) is 6.33 Å². The third-order valence-corrected chi connectivity index (χ3v) is 3.56. The van der Waals surface area contributed by atoms with Gasteiger partial charge in [-0.2, -0.15) is 0 Å². The van der Waals surface area contributed by atoms with Crippen LogP contribution in [0.3, 0.4) is 0 Å². The second kappa shape index (κ2) is 6.06. The van der Waals surface area contributed by atoms with Crippen LogP contribution in [0.1, 0.15) is 32.6 Å². The molecule has 1 unspecified atom stereocenters. The zero-order valence-corrected chi connectivity index (χ0v) is 12.1. The Kier molecular flexibility index (Phi) is 4.42. The zero-order chi connectivity index (χ0) is 13.8. The summed E-state index contributed by atoms with van der Waals surface area (Å²) in [7, 11) is 3.83. The molecule has 3 N–H and O–H groups in total. The highest BCUT2D eigenvalue weighted by Crippen LogP contribution is 2.31. The Bertz CT molecular complexity index is 420. The highest BCUT2D eigenvalue weighted by atomic mass is 15.5. The summed E-state index contributed by atoms with van der Waals surface area (Å²) < 4.78 is 0. The fourth-order valence-electron chi connectivity index (χ4n) is 2.62. The second-order valence-corrected chi connectivity index (χ2v) is 5.22. The van der Waals surface area contributed by atoms with Crippen molar-refractivity contribution >= 4 is 17.3 Å². The maximum Gasteiger partial charge on any atom is 0.169 e. The van der Waals surface area contributed by atoms with Gasteiger partial charge in [0, 0.05) is 26.7 Å². The summed E-state index contributed by atoms with van der Waals surface area (Å²) in [6.45, 7) is 3.25. The van der Waals surface area contributed by atoms with Crippen molar-refractivity contribution in [2.45, 2.75) is 38.6 Å². The molecule has 2 heterocycles. The summed E-state index contributed by atoms with van der Waals surface area (Å²) in [6, 6.07) is 0.540.